The summed E-state index contributed by atoms with van der Waals surface area (Å²) in [6.45, 7) is 2.56. The maximum Gasteiger partial charge on any atom is 0.234 e. The smallest absolute Gasteiger partial charge is 0.234 e. The van der Waals surface area contributed by atoms with E-state index >= 15 is 0 Å². The maximum absolute atomic E-state index is 11.6. The summed E-state index contributed by atoms with van der Waals surface area (Å²) < 4.78 is 0. The number of aliphatic hydroxyl groups is 1. The average Bonchev–Trinajstić information content (AvgIpc) is 2.78. The van der Waals surface area contributed by atoms with Crippen LogP contribution in [0.2, 0.25) is 0 Å². The van der Waals surface area contributed by atoms with Gasteiger partial charge in [0, 0.05) is 18.7 Å². The molecule has 1 aliphatic rings. The summed E-state index contributed by atoms with van der Waals surface area (Å²) in [5.41, 5.74) is 0. The molecule has 0 aliphatic heterocycles. The molecule has 1 unspecified atom stereocenters. The van der Waals surface area contributed by atoms with Crippen LogP contribution in [0.1, 0.15) is 45.4 Å². The third-order valence-electron chi connectivity index (χ3n) is 3.24. The zero-order chi connectivity index (χ0) is 11.8. The van der Waals surface area contributed by atoms with Crippen molar-refractivity contribution in [3.05, 3.63) is 0 Å². The molecule has 4 heteroatoms. The van der Waals surface area contributed by atoms with Gasteiger partial charge in [0.25, 0.3) is 0 Å². The maximum atomic E-state index is 11.6. The standard InChI is InChI=1S/C12H24N2O2/c1-2-10(7-8-15)14-12(16)9-13-11-5-3-4-6-11/h10-11,13,15H,2-9H2,1H3,(H,14,16). The second kappa shape index (κ2) is 7.63. The molecule has 0 aromatic rings. The van der Waals surface area contributed by atoms with Crippen LogP contribution >= 0.6 is 0 Å². The quantitative estimate of drug-likeness (QED) is 0.604. The van der Waals surface area contributed by atoms with Gasteiger partial charge in [-0.3, -0.25) is 4.79 Å². The predicted octanol–water partition coefficient (Wildman–Crippen LogP) is 0.796. The molecule has 1 atom stereocenters. The zero-order valence-electron chi connectivity index (χ0n) is 10.2. The summed E-state index contributed by atoms with van der Waals surface area (Å²) >= 11 is 0. The molecule has 0 spiro atoms. The molecule has 1 rings (SSSR count). The molecular weight excluding hydrogens is 204 g/mol. The van der Waals surface area contributed by atoms with E-state index in [0.29, 0.717) is 19.0 Å². The second-order valence-corrected chi connectivity index (χ2v) is 4.55. The molecule has 1 amide bonds. The highest BCUT2D eigenvalue weighted by molar-refractivity contribution is 5.78. The molecule has 4 nitrogen and oxygen atoms in total. The highest BCUT2D eigenvalue weighted by Gasteiger charge is 2.16. The Hall–Kier alpha value is -0.610. The molecular formula is C12H24N2O2. The van der Waals surface area contributed by atoms with E-state index in [2.05, 4.69) is 10.6 Å². The number of carbonyl (C=O) groups excluding carboxylic acids is 1. The highest BCUT2D eigenvalue weighted by atomic mass is 16.3. The first kappa shape index (κ1) is 13.5. The van der Waals surface area contributed by atoms with Crippen molar-refractivity contribution in [1.29, 1.82) is 0 Å². The largest absolute Gasteiger partial charge is 0.396 e. The summed E-state index contributed by atoms with van der Waals surface area (Å²) in [6.07, 6.45) is 6.46. The van der Waals surface area contributed by atoms with Crippen molar-refractivity contribution in [1.82, 2.24) is 10.6 Å². The van der Waals surface area contributed by atoms with E-state index in [-0.39, 0.29) is 18.6 Å². The van der Waals surface area contributed by atoms with Crippen molar-refractivity contribution in [3.63, 3.8) is 0 Å². The van der Waals surface area contributed by atoms with Crippen LogP contribution in [0.3, 0.4) is 0 Å². The van der Waals surface area contributed by atoms with Gasteiger partial charge in [0.2, 0.25) is 5.91 Å². The Bertz CT molecular complexity index is 203. The first-order chi connectivity index (χ1) is 7.76. The summed E-state index contributed by atoms with van der Waals surface area (Å²) in [6, 6.07) is 0.645. The first-order valence-corrected chi connectivity index (χ1v) is 6.39. The fourth-order valence-corrected chi connectivity index (χ4v) is 2.18. The minimum atomic E-state index is 0.0483. The number of rotatable bonds is 7. The summed E-state index contributed by atoms with van der Waals surface area (Å²) in [5.74, 6) is 0.0483. The van der Waals surface area contributed by atoms with Crippen LogP contribution < -0.4 is 10.6 Å². The summed E-state index contributed by atoms with van der Waals surface area (Å²) in [5, 5.41) is 15.0. The van der Waals surface area contributed by atoms with Gasteiger partial charge < -0.3 is 15.7 Å². The predicted molar refractivity (Wildman–Crippen MR) is 64.2 cm³/mol. The minimum Gasteiger partial charge on any atom is -0.396 e. The number of hydrogen-bond acceptors (Lipinski definition) is 3. The number of nitrogens with one attached hydrogen (secondary N) is 2. The molecule has 1 saturated carbocycles. The fraction of sp³-hybridized carbons (Fsp3) is 0.917. The first-order valence-electron chi connectivity index (χ1n) is 6.39. The third-order valence-corrected chi connectivity index (χ3v) is 3.24. The molecule has 0 saturated heterocycles. The second-order valence-electron chi connectivity index (χ2n) is 4.55. The van der Waals surface area contributed by atoms with Gasteiger partial charge in [-0.05, 0) is 25.7 Å². The average molecular weight is 228 g/mol. The minimum absolute atomic E-state index is 0.0483. The lowest BCUT2D eigenvalue weighted by Crippen LogP contribution is -2.42. The van der Waals surface area contributed by atoms with Gasteiger partial charge in [-0.1, -0.05) is 19.8 Å². The van der Waals surface area contributed by atoms with E-state index in [1.165, 1.54) is 25.7 Å². The van der Waals surface area contributed by atoms with E-state index < -0.39 is 0 Å². The lowest BCUT2D eigenvalue weighted by Gasteiger charge is -2.17. The van der Waals surface area contributed by atoms with Gasteiger partial charge in [0.15, 0.2) is 0 Å². The highest BCUT2D eigenvalue weighted by Crippen LogP contribution is 2.17. The Balaban J connectivity index is 2.13. The molecule has 1 aliphatic carbocycles. The lowest BCUT2D eigenvalue weighted by atomic mass is 10.1. The number of carbonyl (C=O) groups is 1. The van der Waals surface area contributed by atoms with Crippen LogP contribution in [0.25, 0.3) is 0 Å². The van der Waals surface area contributed by atoms with Gasteiger partial charge in [0.05, 0.1) is 6.54 Å². The normalized spacial score (nSPS) is 18.6. The van der Waals surface area contributed by atoms with E-state index in [9.17, 15) is 4.79 Å². The zero-order valence-corrected chi connectivity index (χ0v) is 10.2. The third kappa shape index (κ3) is 4.94. The van der Waals surface area contributed by atoms with Gasteiger partial charge >= 0.3 is 0 Å². The number of aliphatic hydroxyl groups excluding tert-OH is 1. The van der Waals surface area contributed by atoms with Crippen molar-refractivity contribution in [2.75, 3.05) is 13.2 Å². The molecule has 1 fully saturated rings. The summed E-state index contributed by atoms with van der Waals surface area (Å²) in [7, 11) is 0. The Morgan fingerprint density at radius 3 is 2.69 bits per heavy atom. The molecule has 0 heterocycles. The Labute approximate surface area is 97.8 Å². The molecule has 94 valence electrons. The van der Waals surface area contributed by atoms with Gasteiger partial charge in [-0.2, -0.15) is 0 Å². The summed E-state index contributed by atoms with van der Waals surface area (Å²) in [4.78, 5) is 11.6. The van der Waals surface area contributed by atoms with Crippen LogP contribution in [0.5, 0.6) is 0 Å². The van der Waals surface area contributed by atoms with Crippen molar-refractivity contribution in [3.8, 4) is 0 Å². The van der Waals surface area contributed by atoms with Crippen LogP contribution in [-0.4, -0.2) is 36.2 Å². The van der Waals surface area contributed by atoms with E-state index in [1.54, 1.807) is 0 Å². The molecule has 3 N–H and O–H groups in total. The number of amides is 1. The Kier molecular flexibility index (Phi) is 6.42. The lowest BCUT2D eigenvalue weighted by molar-refractivity contribution is -0.121. The van der Waals surface area contributed by atoms with Crippen LogP contribution in [0, 0.1) is 0 Å². The van der Waals surface area contributed by atoms with Crippen molar-refractivity contribution >= 4 is 5.91 Å². The van der Waals surface area contributed by atoms with E-state index in [4.69, 9.17) is 5.11 Å². The van der Waals surface area contributed by atoms with Crippen molar-refractivity contribution in [2.45, 2.75) is 57.5 Å². The van der Waals surface area contributed by atoms with Crippen molar-refractivity contribution in [2.24, 2.45) is 0 Å². The molecule has 16 heavy (non-hydrogen) atoms. The number of hydrogen-bond donors (Lipinski definition) is 3. The van der Waals surface area contributed by atoms with Crippen LogP contribution in [-0.2, 0) is 4.79 Å². The van der Waals surface area contributed by atoms with Gasteiger partial charge in [0.1, 0.15) is 0 Å². The van der Waals surface area contributed by atoms with Crippen LogP contribution in [0.4, 0.5) is 0 Å². The molecule has 0 aromatic carbocycles. The fourth-order valence-electron chi connectivity index (χ4n) is 2.18. The Morgan fingerprint density at radius 1 is 1.44 bits per heavy atom. The Morgan fingerprint density at radius 2 is 2.12 bits per heavy atom. The molecule has 0 radical (unpaired) electrons. The molecule has 0 bridgehead atoms. The van der Waals surface area contributed by atoms with Gasteiger partial charge in [-0.25, -0.2) is 0 Å². The topological polar surface area (TPSA) is 61.4 Å². The monoisotopic (exact) mass is 228 g/mol. The van der Waals surface area contributed by atoms with E-state index in [0.717, 1.165) is 6.42 Å². The SMILES string of the molecule is CCC(CCO)NC(=O)CNC1CCCC1. The van der Waals surface area contributed by atoms with Crippen LogP contribution in [0.15, 0.2) is 0 Å². The van der Waals surface area contributed by atoms with E-state index in [1.807, 2.05) is 6.92 Å². The molecule has 0 aromatic heterocycles. The van der Waals surface area contributed by atoms with Gasteiger partial charge in [-0.15, -0.1) is 0 Å². The van der Waals surface area contributed by atoms with Crippen molar-refractivity contribution < 1.29 is 9.90 Å².